The van der Waals surface area contributed by atoms with E-state index in [9.17, 15) is 0 Å². The third kappa shape index (κ3) is 3.20. The van der Waals surface area contributed by atoms with Crippen molar-refractivity contribution in [3.8, 4) is 0 Å². The normalized spacial score (nSPS) is 20.2. The first-order chi connectivity index (χ1) is 7.96. The fourth-order valence-corrected chi connectivity index (χ4v) is 1.84. The number of hydrogen-bond donors (Lipinski definition) is 1. The van der Waals surface area contributed by atoms with Gasteiger partial charge in [0.2, 0.25) is 0 Å². The summed E-state index contributed by atoms with van der Waals surface area (Å²) in [6.45, 7) is 9.49. The quantitative estimate of drug-likeness (QED) is 0.855. The molecule has 1 saturated heterocycles. The zero-order valence-corrected chi connectivity index (χ0v) is 11.0. The van der Waals surface area contributed by atoms with Crippen molar-refractivity contribution in [1.82, 2.24) is 0 Å². The lowest BCUT2D eigenvalue weighted by atomic mass is 10.1. The fourth-order valence-electron chi connectivity index (χ4n) is 1.84. The highest BCUT2D eigenvalue weighted by atomic mass is 16.7. The van der Waals surface area contributed by atoms with Crippen molar-refractivity contribution in [2.75, 3.05) is 18.5 Å². The molecule has 3 nitrogen and oxygen atoms in total. The van der Waals surface area contributed by atoms with Gasteiger partial charge in [-0.2, -0.15) is 0 Å². The molecule has 1 fully saturated rings. The Bertz CT molecular complexity index is 391. The van der Waals surface area contributed by atoms with Crippen LogP contribution in [0.15, 0.2) is 18.2 Å². The molecule has 2 rings (SSSR count). The van der Waals surface area contributed by atoms with Gasteiger partial charge in [0.25, 0.3) is 0 Å². The molecule has 3 heteroatoms. The van der Waals surface area contributed by atoms with E-state index in [1.165, 1.54) is 11.1 Å². The average molecular weight is 235 g/mol. The predicted octanol–water partition coefficient (Wildman–Crippen LogP) is 2.87. The third-order valence-electron chi connectivity index (χ3n) is 3.14. The molecular formula is C14H21NO2. The molecule has 0 spiro atoms. The number of rotatable bonds is 2. The van der Waals surface area contributed by atoms with Crippen LogP contribution in [0.25, 0.3) is 0 Å². The second kappa shape index (κ2) is 4.67. The van der Waals surface area contributed by atoms with Crippen molar-refractivity contribution < 1.29 is 9.47 Å². The van der Waals surface area contributed by atoms with Crippen LogP contribution in [0.2, 0.25) is 0 Å². The Labute approximate surface area is 103 Å². The van der Waals surface area contributed by atoms with E-state index in [1.54, 1.807) is 0 Å². The molecule has 0 atom stereocenters. The van der Waals surface area contributed by atoms with Crippen LogP contribution < -0.4 is 5.32 Å². The van der Waals surface area contributed by atoms with Crippen LogP contribution in [0.1, 0.15) is 25.0 Å². The Kier molecular flexibility index (Phi) is 3.40. The average Bonchev–Trinajstić information content (AvgIpc) is 2.27. The Morgan fingerprint density at radius 3 is 2.35 bits per heavy atom. The van der Waals surface area contributed by atoms with E-state index in [-0.39, 0.29) is 6.04 Å². The molecular weight excluding hydrogens is 214 g/mol. The zero-order valence-electron chi connectivity index (χ0n) is 11.0. The third-order valence-corrected chi connectivity index (χ3v) is 3.14. The molecule has 0 bridgehead atoms. The number of hydrogen-bond acceptors (Lipinski definition) is 3. The largest absolute Gasteiger partial charge is 0.378 e. The topological polar surface area (TPSA) is 30.5 Å². The van der Waals surface area contributed by atoms with Gasteiger partial charge in [-0.15, -0.1) is 0 Å². The molecule has 0 radical (unpaired) electrons. The summed E-state index contributed by atoms with van der Waals surface area (Å²) in [6.07, 6.45) is 0. The first-order valence-corrected chi connectivity index (χ1v) is 6.08. The summed E-state index contributed by atoms with van der Waals surface area (Å²) >= 11 is 0. The molecule has 1 aliphatic heterocycles. The highest BCUT2D eigenvalue weighted by Crippen LogP contribution is 2.20. The molecule has 0 saturated carbocycles. The molecule has 0 amide bonds. The molecule has 94 valence electrons. The molecule has 1 N–H and O–H groups in total. The molecule has 1 aromatic carbocycles. The Morgan fingerprint density at radius 2 is 1.76 bits per heavy atom. The molecule has 1 heterocycles. The summed E-state index contributed by atoms with van der Waals surface area (Å²) in [4.78, 5) is 0. The minimum Gasteiger partial charge on any atom is -0.378 e. The zero-order chi connectivity index (χ0) is 12.5. The first-order valence-electron chi connectivity index (χ1n) is 6.08. The SMILES string of the molecule is Cc1ccc(NC2COC(C)(C)OC2)cc1C. The fraction of sp³-hybridized carbons (Fsp3) is 0.571. The predicted molar refractivity (Wildman–Crippen MR) is 69.3 cm³/mol. The molecule has 17 heavy (non-hydrogen) atoms. The maximum Gasteiger partial charge on any atom is 0.162 e. The van der Waals surface area contributed by atoms with Gasteiger partial charge in [0.1, 0.15) is 0 Å². The highest BCUT2D eigenvalue weighted by molar-refractivity contribution is 5.48. The van der Waals surface area contributed by atoms with Crippen LogP contribution in [0.3, 0.4) is 0 Å². The summed E-state index contributed by atoms with van der Waals surface area (Å²) in [5.41, 5.74) is 3.74. The summed E-state index contributed by atoms with van der Waals surface area (Å²) in [7, 11) is 0. The van der Waals surface area contributed by atoms with Crippen molar-refractivity contribution in [2.24, 2.45) is 0 Å². The van der Waals surface area contributed by atoms with Crippen LogP contribution >= 0.6 is 0 Å². The number of aryl methyl sites for hydroxylation is 2. The van der Waals surface area contributed by atoms with E-state index in [0.29, 0.717) is 13.2 Å². The van der Waals surface area contributed by atoms with Gasteiger partial charge in [0.15, 0.2) is 5.79 Å². The van der Waals surface area contributed by atoms with Crippen molar-refractivity contribution >= 4 is 5.69 Å². The minimum atomic E-state index is -0.443. The standard InChI is InChI=1S/C14H21NO2/c1-10-5-6-12(7-11(10)2)15-13-8-16-14(3,4)17-9-13/h5-7,13,15H,8-9H2,1-4H3. The molecule has 0 aliphatic carbocycles. The lowest BCUT2D eigenvalue weighted by Crippen LogP contribution is -2.45. The number of nitrogens with one attached hydrogen (secondary N) is 1. The Balaban J connectivity index is 1.95. The minimum absolute atomic E-state index is 0.227. The van der Waals surface area contributed by atoms with Crippen LogP contribution in [-0.2, 0) is 9.47 Å². The van der Waals surface area contributed by atoms with Gasteiger partial charge >= 0.3 is 0 Å². The second-order valence-electron chi connectivity index (χ2n) is 5.16. The van der Waals surface area contributed by atoms with Crippen molar-refractivity contribution in [1.29, 1.82) is 0 Å². The van der Waals surface area contributed by atoms with Gasteiger partial charge < -0.3 is 14.8 Å². The number of benzene rings is 1. The van der Waals surface area contributed by atoms with Crippen LogP contribution in [0, 0.1) is 13.8 Å². The summed E-state index contributed by atoms with van der Waals surface area (Å²) in [5, 5.41) is 3.44. The van der Waals surface area contributed by atoms with E-state index in [1.807, 2.05) is 13.8 Å². The molecule has 1 aliphatic rings. The lowest BCUT2D eigenvalue weighted by Gasteiger charge is -2.35. The Hall–Kier alpha value is -1.06. The molecule has 0 unspecified atom stereocenters. The van der Waals surface area contributed by atoms with Crippen molar-refractivity contribution in [3.63, 3.8) is 0 Å². The van der Waals surface area contributed by atoms with Gasteiger partial charge in [-0.1, -0.05) is 6.07 Å². The first kappa shape index (κ1) is 12.4. The number of anilines is 1. The van der Waals surface area contributed by atoms with E-state index < -0.39 is 5.79 Å². The molecule has 0 aromatic heterocycles. The van der Waals surface area contributed by atoms with Gasteiger partial charge in [0, 0.05) is 5.69 Å². The van der Waals surface area contributed by atoms with Gasteiger partial charge in [0.05, 0.1) is 19.3 Å². The van der Waals surface area contributed by atoms with E-state index in [4.69, 9.17) is 9.47 Å². The second-order valence-corrected chi connectivity index (χ2v) is 5.16. The monoisotopic (exact) mass is 235 g/mol. The molecule has 1 aromatic rings. The Morgan fingerprint density at radius 1 is 1.12 bits per heavy atom. The van der Waals surface area contributed by atoms with Gasteiger partial charge in [-0.3, -0.25) is 0 Å². The summed E-state index contributed by atoms with van der Waals surface area (Å²) in [5.74, 6) is -0.443. The van der Waals surface area contributed by atoms with Gasteiger partial charge in [-0.05, 0) is 51.0 Å². The van der Waals surface area contributed by atoms with Gasteiger partial charge in [-0.25, -0.2) is 0 Å². The summed E-state index contributed by atoms with van der Waals surface area (Å²) < 4.78 is 11.2. The smallest absolute Gasteiger partial charge is 0.162 e. The lowest BCUT2D eigenvalue weighted by molar-refractivity contribution is -0.247. The van der Waals surface area contributed by atoms with Crippen LogP contribution in [0.4, 0.5) is 5.69 Å². The van der Waals surface area contributed by atoms with Crippen molar-refractivity contribution in [2.45, 2.75) is 39.5 Å². The highest BCUT2D eigenvalue weighted by Gasteiger charge is 2.28. The maximum absolute atomic E-state index is 5.62. The maximum atomic E-state index is 5.62. The van der Waals surface area contributed by atoms with E-state index in [0.717, 1.165) is 5.69 Å². The van der Waals surface area contributed by atoms with E-state index >= 15 is 0 Å². The van der Waals surface area contributed by atoms with Crippen LogP contribution in [0.5, 0.6) is 0 Å². The van der Waals surface area contributed by atoms with Crippen molar-refractivity contribution in [3.05, 3.63) is 29.3 Å². The summed E-state index contributed by atoms with van der Waals surface area (Å²) in [6, 6.07) is 6.62. The van der Waals surface area contributed by atoms with E-state index in [2.05, 4.69) is 37.4 Å². The number of ether oxygens (including phenoxy) is 2. The van der Waals surface area contributed by atoms with Crippen LogP contribution in [-0.4, -0.2) is 25.0 Å².